The summed E-state index contributed by atoms with van der Waals surface area (Å²) < 4.78 is 5.53. The molecule has 0 spiro atoms. The highest BCUT2D eigenvalue weighted by Gasteiger charge is 2.21. The molecule has 1 aliphatic rings. The molecule has 3 nitrogen and oxygen atoms in total. The summed E-state index contributed by atoms with van der Waals surface area (Å²) >= 11 is 0. The Kier molecular flexibility index (Phi) is 2.68. The summed E-state index contributed by atoms with van der Waals surface area (Å²) in [7, 11) is 0. The van der Waals surface area contributed by atoms with Crippen LogP contribution < -0.4 is 4.74 Å². The minimum atomic E-state index is 0.380. The van der Waals surface area contributed by atoms with Crippen LogP contribution >= 0.6 is 0 Å². The molecule has 0 saturated carbocycles. The fourth-order valence-corrected chi connectivity index (χ4v) is 1.73. The van der Waals surface area contributed by atoms with Crippen LogP contribution in [0.1, 0.15) is 17.9 Å². The van der Waals surface area contributed by atoms with E-state index in [9.17, 15) is 0 Å². The summed E-state index contributed by atoms with van der Waals surface area (Å²) in [6.45, 7) is 4.64. The lowest BCUT2D eigenvalue weighted by Crippen LogP contribution is -2.17. The maximum Gasteiger partial charge on any atom is 0.124 e. The van der Waals surface area contributed by atoms with Gasteiger partial charge < -0.3 is 9.57 Å². The summed E-state index contributed by atoms with van der Waals surface area (Å²) in [6, 6.07) is 8.06. The topological polar surface area (TPSA) is 30.8 Å². The van der Waals surface area contributed by atoms with Crippen LogP contribution in [0.15, 0.2) is 29.4 Å². The Morgan fingerprint density at radius 3 is 3.21 bits per heavy atom. The second-order valence-corrected chi connectivity index (χ2v) is 3.30. The van der Waals surface area contributed by atoms with Crippen LogP contribution in [0.2, 0.25) is 0 Å². The third kappa shape index (κ3) is 1.71. The second-order valence-electron chi connectivity index (χ2n) is 3.30. The number of oxime groups is 1. The van der Waals surface area contributed by atoms with E-state index in [0.29, 0.717) is 12.5 Å². The van der Waals surface area contributed by atoms with Crippen molar-refractivity contribution in [1.82, 2.24) is 0 Å². The van der Waals surface area contributed by atoms with E-state index >= 15 is 0 Å². The molecule has 1 aromatic rings. The molecule has 1 unspecified atom stereocenters. The number of nitrogens with zero attached hydrogens (tertiary/aromatic N) is 1. The minimum absolute atomic E-state index is 0.380. The van der Waals surface area contributed by atoms with Crippen molar-refractivity contribution in [3.63, 3.8) is 0 Å². The first-order valence-corrected chi connectivity index (χ1v) is 4.71. The molecule has 1 atom stereocenters. The van der Waals surface area contributed by atoms with Crippen LogP contribution in [-0.4, -0.2) is 19.9 Å². The summed E-state index contributed by atoms with van der Waals surface area (Å²) in [4.78, 5) is 4.99. The molecule has 74 valence electrons. The van der Waals surface area contributed by atoms with E-state index < -0.39 is 0 Å². The fraction of sp³-hybridized carbons (Fsp3) is 0.364. The maximum absolute atomic E-state index is 5.53. The van der Waals surface area contributed by atoms with E-state index in [1.807, 2.05) is 18.2 Å². The smallest absolute Gasteiger partial charge is 0.124 e. The molecule has 0 aromatic heterocycles. The molecule has 0 amide bonds. The van der Waals surface area contributed by atoms with Gasteiger partial charge in [-0.2, -0.15) is 0 Å². The highest BCUT2D eigenvalue weighted by Crippen LogP contribution is 2.33. The van der Waals surface area contributed by atoms with Gasteiger partial charge in [0.25, 0.3) is 0 Å². The Morgan fingerprint density at radius 1 is 1.50 bits per heavy atom. The number of hydrogen-bond donors (Lipinski definition) is 0. The van der Waals surface area contributed by atoms with E-state index in [1.165, 1.54) is 5.56 Å². The van der Waals surface area contributed by atoms with Crippen molar-refractivity contribution in [2.75, 3.05) is 13.2 Å². The van der Waals surface area contributed by atoms with Crippen LogP contribution in [0.4, 0.5) is 0 Å². The molecule has 0 aliphatic carbocycles. The second kappa shape index (κ2) is 4.13. The first-order chi connectivity index (χ1) is 6.92. The Morgan fingerprint density at radius 2 is 2.36 bits per heavy atom. The summed E-state index contributed by atoms with van der Waals surface area (Å²) in [5.41, 5.74) is 1.21. The molecule has 1 heterocycles. The molecular weight excluding hydrogens is 178 g/mol. The predicted octanol–water partition coefficient (Wildman–Crippen LogP) is 2.18. The zero-order valence-corrected chi connectivity index (χ0v) is 7.98. The number of rotatable bonds is 3. The lowest BCUT2D eigenvalue weighted by atomic mass is 9.94. The van der Waals surface area contributed by atoms with Gasteiger partial charge >= 0.3 is 0 Å². The average molecular weight is 191 g/mol. The zero-order valence-electron chi connectivity index (χ0n) is 7.98. The van der Waals surface area contributed by atoms with Crippen LogP contribution in [0, 0.1) is 0 Å². The van der Waals surface area contributed by atoms with Gasteiger partial charge in [0, 0.05) is 18.2 Å². The molecule has 1 aliphatic heterocycles. The lowest BCUT2D eigenvalue weighted by Gasteiger charge is -2.24. The van der Waals surface area contributed by atoms with Crippen molar-refractivity contribution in [2.24, 2.45) is 5.16 Å². The molecule has 1 aromatic carbocycles. The third-order valence-corrected chi connectivity index (χ3v) is 2.45. The molecule has 0 saturated heterocycles. The largest absolute Gasteiger partial charge is 0.493 e. The van der Waals surface area contributed by atoms with Gasteiger partial charge in [0.2, 0.25) is 0 Å². The highest BCUT2D eigenvalue weighted by molar-refractivity contribution is 5.37. The number of hydrogen-bond acceptors (Lipinski definition) is 3. The van der Waals surface area contributed by atoms with Crippen LogP contribution in [0.3, 0.4) is 0 Å². The van der Waals surface area contributed by atoms with E-state index in [0.717, 1.165) is 18.8 Å². The normalized spacial score (nSPS) is 19.3. The van der Waals surface area contributed by atoms with Crippen LogP contribution in [0.25, 0.3) is 0 Å². The van der Waals surface area contributed by atoms with Gasteiger partial charge in [-0.25, -0.2) is 0 Å². The van der Waals surface area contributed by atoms with Gasteiger partial charge in [-0.15, -0.1) is 5.16 Å². The Bertz CT molecular complexity index is 325. The van der Waals surface area contributed by atoms with Crippen molar-refractivity contribution >= 4 is 6.72 Å². The van der Waals surface area contributed by atoms with Crippen molar-refractivity contribution in [3.05, 3.63) is 29.8 Å². The first kappa shape index (κ1) is 9.06. The monoisotopic (exact) mass is 191 g/mol. The predicted molar refractivity (Wildman–Crippen MR) is 54.8 cm³/mol. The van der Waals surface area contributed by atoms with Crippen LogP contribution in [0.5, 0.6) is 5.75 Å². The van der Waals surface area contributed by atoms with E-state index in [1.54, 1.807) is 0 Å². The van der Waals surface area contributed by atoms with Crippen LogP contribution in [-0.2, 0) is 4.84 Å². The van der Waals surface area contributed by atoms with Crippen molar-refractivity contribution in [1.29, 1.82) is 0 Å². The molecule has 0 N–H and O–H groups in total. The molecule has 0 bridgehead atoms. The van der Waals surface area contributed by atoms with Gasteiger partial charge in [0.05, 0.1) is 6.61 Å². The van der Waals surface area contributed by atoms with Gasteiger partial charge in [-0.05, 0) is 12.5 Å². The summed E-state index contributed by atoms with van der Waals surface area (Å²) in [6.07, 6.45) is 0.979. The summed E-state index contributed by atoms with van der Waals surface area (Å²) in [5.74, 6) is 1.35. The van der Waals surface area contributed by atoms with E-state index in [4.69, 9.17) is 9.57 Å². The van der Waals surface area contributed by atoms with Crippen molar-refractivity contribution in [3.8, 4) is 5.75 Å². The van der Waals surface area contributed by atoms with Gasteiger partial charge in [-0.3, -0.25) is 0 Å². The quantitative estimate of drug-likeness (QED) is 0.541. The highest BCUT2D eigenvalue weighted by atomic mass is 16.6. The molecule has 0 radical (unpaired) electrons. The number of ether oxygens (including phenoxy) is 1. The summed E-state index contributed by atoms with van der Waals surface area (Å²) in [5, 5.41) is 3.41. The van der Waals surface area contributed by atoms with Gasteiger partial charge in [0.15, 0.2) is 0 Å². The average Bonchev–Trinajstić information content (AvgIpc) is 2.26. The van der Waals surface area contributed by atoms with Crippen molar-refractivity contribution < 1.29 is 9.57 Å². The maximum atomic E-state index is 5.53. The number of benzene rings is 1. The van der Waals surface area contributed by atoms with Gasteiger partial charge in [0.1, 0.15) is 12.4 Å². The number of fused-ring (bicyclic) bond motifs is 1. The molecule has 3 heteroatoms. The third-order valence-electron chi connectivity index (χ3n) is 2.45. The first-order valence-electron chi connectivity index (χ1n) is 4.71. The van der Waals surface area contributed by atoms with E-state index in [2.05, 4.69) is 17.9 Å². The fourth-order valence-electron chi connectivity index (χ4n) is 1.73. The molecule has 2 rings (SSSR count). The molecular formula is C11H13NO2. The molecule has 14 heavy (non-hydrogen) atoms. The van der Waals surface area contributed by atoms with Crippen molar-refractivity contribution in [2.45, 2.75) is 12.3 Å². The number of para-hydroxylation sites is 1. The van der Waals surface area contributed by atoms with Gasteiger partial charge in [-0.1, -0.05) is 18.2 Å². The van der Waals surface area contributed by atoms with E-state index in [-0.39, 0.29) is 0 Å². The zero-order chi connectivity index (χ0) is 9.80. The SMILES string of the molecule is C=NOCC1CCOc2ccccc21. The lowest BCUT2D eigenvalue weighted by molar-refractivity contribution is 0.115. The Hall–Kier alpha value is -1.51. The Balaban J connectivity index is 2.17. The molecule has 0 fully saturated rings. The Labute approximate surface area is 83.3 Å². The standard InChI is InChI=1S/C11H13NO2/c1-12-14-8-9-6-7-13-11-5-3-2-4-10(9)11/h2-5,9H,1,6-8H2. The minimum Gasteiger partial charge on any atom is -0.493 e.